The molecular formula is C13H16BrN3. The van der Waals surface area contributed by atoms with E-state index in [0.29, 0.717) is 6.04 Å². The lowest BCUT2D eigenvalue weighted by molar-refractivity contribution is 0.462. The van der Waals surface area contributed by atoms with Gasteiger partial charge in [0.1, 0.15) is 0 Å². The zero-order valence-corrected chi connectivity index (χ0v) is 11.3. The number of hydrogen-bond acceptors (Lipinski definition) is 2. The van der Waals surface area contributed by atoms with Crippen LogP contribution in [0.5, 0.6) is 0 Å². The van der Waals surface area contributed by atoms with Gasteiger partial charge in [-0.15, -0.1) is 0 Å². The molecule has 1 saturated carbocycles. The fourth-order valence-electron chi connectivity index (χ4n) is 2.54. The summed E-state index contributed by atoms with van der Waals surface area (Å²) in [5.41, 5.74) is 1.09. The zero-order chi connectivity index (χ0) is 11.7. The monoisotopic (exact) mass is 293 g/mol. The molecule has 0 atom stereocenters. The number of anilines is 1. The van der Waals surface area contributed by atoms with Gasteiger partial charge in [-0.2, -0.15) is 5.10 Å². The lowest BCUT2D eigenvalue weighted by Gasteiger charge is -2.22. The molecule has 1 aliphatic carbocycles. The van der Waals surface area contributed by atoms with Gasteiger partial charge in [-0.3, -0.25) is 5.10 Å². The van der Waals surface area contributed by atoms with E-state index in [1.807, 2.05) is 6.07 Å². The van der Waals surface area contributed by atoms with Crippen LogP contribution >= 0.6 is 15.9 Å². The molecule has 17 heavy (non-hydrogen) atoms. The number of nitrogens with one attached hydrogen (secondary N) is 2. The number of halogens is 1. The first-order chi connectivity index (χ1) is 8.33. The summed E-state index contributed by atoms with van der Waals surface area (Å²) < 4.78 is 1.10. The van der Waals surface area contributed by atoms with Crippen LogP contribution in [0.1, 0.15) is 32.1 Å². The van der Waals surface area contributed by atoms with E-state index in [4.69, 9.17) is 0 Å². The first-order valence-electron chi connectivity index (χ1n) is 6.23. The van der Waals surface area contributed by atoms with Crippen molar-refractivity contribution in [2.45, 2.75) is 38.1 Å². The Morgan fingerprint density at radius 3 is 2.88 bits per heavy atom. The highest BCUT2D eigenvalue weighted by atomic mass is 79.9. The Kier molecular flexibility index (Phi) is 3.05. The summed E-state index contributed by atoms with van der Waals surface area (Å²) >= 11 is 3.51. The molecule has 0 bridgehead atoms. The normalized spacial score (nSPS) is 17.5. The topological polar surface area (TPSA) is 40.7 Å². The van der Waals surface area contributed by atoms with Gasteiger partial charge in [-0.05, 0) is 31.0 Å². The number of nitrogens with zero attached hydrogens (tertiary/aromatic N) is 1. The summed E-state index contributed by atoms with van der Waals surface area (Å²) in [5, 5.41) is 12.2. The molecule has 3 rings (SSSR count). The number of H-pyrrole nitrogens is 1. The predicted molar refractivity (Wildman–Crippen MR) is 74.3 cm³/mol. The Bertz CT molecular complexity index is 514. The van der Waals surface area contributed by atoms with Crippen LogP contribution in [0.3, 0.4) is 0 Å². The molecule has 4 heteroatoms. The average Bonchev–Trinajstić information content (AvgIpc) is 2.73. The van der Waals surface area contributed by atoms with Gasteiger partial charge in [0.05, 0.1) is 5.52 Å². The van der Waals surface area contributed by atoms with Crippen LogP contribution in [0, 0.1) is 0 Å². The van der Waals surface area contributed by atoms with Gasteiger partial charge in [0.25, 0.3) is 0 Å². The van der Waals surface area contributed by atoms with Crippen LogP contribution in [0.25, 0.3) is 10.9 Å². The molecule has 1 fully saturated rings. The Hall–Kier alpha value is -1.03. The Morgan fingerprint density at radius 2 is 2.06 bits per heavy atom. The Balaban J connectivity index is 1.86. The second-order valence-electron chi connectivity index (χ2n) is 4.74. The molecule has 2 aromatic rings. The second-order valence-corrected chi connectivity index (χ2v) is 5.66. The van der Waals surface area contributed by atoms with Gasteiger partial charge in [-0.1, -0.05) is 35.2 Å². The molecule has 0 radical (unpaired) electrons. The van der Waals surface area contributed by atoms with E-state index in [1.165, 1.54) is 37.5 Å². The summed E-state index contributed by atoms with van der Waals surface area (Å²) in [6, 6.07) is 6.79. The van der Waals surface area contributed by atoms with E-state index in [2.05, 4.69) is 43.6 Å². The molecule has 90 valence electrons. The van der Waals surface area contributed by atoms with Crippen LogP contribution in [0.2, 0.25) is 0 Å². The molecule has 0 aliphatic heterocycles. The van der Waals surface area contributed by atoms with Crippen molar-refractivity contribution in [2.24, 2.45) is 0 Å². The van der Waals surface area contributed by atoms with Gasteiger partial charge in [0, 0.05) is 15.9 Å². The number of aromatic nitrogens is 2. The minimum Gasteiger partial charge on any atom is -0.365 e. The SMILES string of the molecule is Brc1ccc2[nH]nc(NC3CCCCC3)c2c1. The Morgan fingerprint density at radius 1 is 1.24 bits per heavy atom. The molecule has 1 heterocycles. The van der Waals surface area contributed by atoms with Gasteiger partial charge in [-0.25, -0.2) is 0 Å². The maximum Gasteiger partial charge on any atom is 0.155 e. The number of hydrogen-bond donors (Lipinski definition) is 2. The third kappa shape index (κ3) is 2.32. The second kappa shape index (κ2) is 4.69. The standard InChI is InChI=1S/C13H16BrN3/c14-9-6-7-12-11(8-9)13(17-16-12)15-10-4-2-1-3-5-10/h6-8,10H,1-5H2,(H2,15,16,17). The predicted octanol–water partition coefficient (Wildman–Crippen LogP) is 4.07. The Labute approximate surface area is 109 Å². The third-order valence-corrected chi connectivity index (χ3v) is 3.96. The van der Waals surface area contributed by atoms with Crippen molar-refractivity contribution in [3.63, 3.8) is 0 Å². The molecule has 0 spiro atoms. The zero-order valence-electron chi connectivity index (χ0n) is 9.67. The molecule has 2 N–H and O–H groups in total. The summed E-state index contributed by atoms with van der Waals surface area (Å²) in [4.78, 5) is 0. The van der Waals surface area contributed by atoms with Crippen molar-refractivity contribution in [1.29, 1.82) is 0 Å². The van der Waals surface area contributed by atoms with Crippen molar-refractivity contribution in [3.05, 3.63) is 22.7 Å². The minimum atomic E-state index is 0.592. The van der Waals surface area contributed by atoms with Crippen molar-refractivity contribution in [3.8, 4) is 0 Å². The number of aromatic amines is 1. The summed E-state index contributed by atoms with van der Waals surface area (Å²) in [7, 11) is 0. The number of fused-ring (bicyclic) bond motifs is 1. The smallest absolute Gasteiger partial charge is 0.155 e. The summed E-state index contributed by atoms with van der Waals surface area (Å²) in [6.45, 7) is 0. The summed E-state index contributed by atoms with van der Waals surface area (Å²) in [6.07, 6.45) is 6.59. The summed E-state index contributed by atoms with van der Waals surface area (Å²) in [5.74, 6) is 0.994. The van der Waals surface area contributed by atoms with E-state index in [1.54, 1.807) is 0 Å². The fourth-order valence-corrected chi connectivity index (χ4v) is 2.90. The molecule has 1 aromatic heterocycles. The highest BCUT2D eigenvalue weighted by molar-refractivity contribution is 9.10. The van der Waals surface area contributed by atoms with Gasteiger partial charge < -0.3 is 5.32 Å². The van der Waals surface area contributed by atoms with Gasteiger partial charge >= 0.3 is 0 Å². The van der Waals surface area contributed by atoms with Crippen molar-refractivity contribution in [1.82, 2.24) is 10.2 Å². The number of benzene rings is 1. The molecule has 1 aromatic carbocycles. The number of rotatable bonds is 2. The first kappa shape index (κ1) is 11.1. The maximum absolute atomic E-state index is 4.37. The van der Waals surface area contributed by atoms with E-state index >= 15 is 0 Å². The van der Waals surface area contributed by atoms with Gasteiger partial charge in [0.15, 0.2) is 5.82 Å². The van der Waals surface area contributed by atoms with Crippen molar-refractivity contribution < 1.29 is 0 Å². The fraction of sp³-hybridized carbons (Fsp3) is 0.462. The van der Waals surface area contributed by atoms with E-state index < -0.39 is 0 Å². The quantitative estimate of drug-likeness (QED) is 0.876. The molecule has 0 saturated heterocycles. The van der Waals surface area contributed by atoms with Crippen LogP contribution in [0.4, 0.5) is 5.82 Å². The highest BCUT2D eigenvalue weighted by Crippen LogP contribution is 2.27. The average molecular weight is 294 g/mol. The maximum atomic E-state index is 4.37. The lowest BCUT2D eigenvalue weighted by Crippen LogP contribution is -2.22. The van der Waals surface area contributed by atoms with Gasteiger partial charge in [0.2, 0.25) is 0 Å². The van der Waals surface area contributed by atoms with Crippen LogP contribution < -0.4 is 5.32 Å². The molecule has 0 unspecified atom stereocenters. The van der Waals surface area contributed by atoms with Crippen LogP contribution in [-0.4, -0.2) is 16.2 Å². The van der Waals surface area contributed by atoms with Crippen LogP contribution in [0.15, 0.2) is 22.7 Å². The van der Waals surface area contributed by atoms with E-state index in [0.717, 1.165) is 15.8 Å². The van der Waals surface area contributed by atoms with Crippen molar-refractivity contribution >= 4 is 32.7 Å². The minimum absolute atomic E-state index is 0.592. The van der Waals surface area contributed by atoms with E-state index in [-0.39, 0.29) is 0 Å². The molecule has 1 aliphatic rings. The molecular weight excluding hydrogens is 278 g/mol. The molecule has 0 amide bonds. The van der Waals surface area contributed by atoms with Crippen molar-refractivity contribution in [2.75, 3.05) is 5.32 Å². The lowest BCUT2D eigenvalue weighted by atomic mass is 9.95. The molecule has 3 nitrogen and oxygen atoms in total. The van der Waals surface area contributed by atoms with E-state index in [9.17, 15) is 0 Å². The third-order valence-electron chi connectivity index (χ3n) is 3.47. The highest BCUT2D eigenvalue weighted by Gasteiger charge is 2.15. The van der Waals surface area contributed by atoms with Crippen LogP contribution in [-0.2, 0) is 0 Å². The first-order valence-corrected chi connectivity index (χ1v) is 7.02. The largest absolute Gasteiger partial charge is 0.365 e.